The SMILES string of the molecule is CCCC[C@H](c1cc(F)ccc1Cl)N1CCNCC1. The van der Waals surface area contributed by atoms with Gasteiger partial charge in [-0.05, 0) is 30.2 Å². The van der Waals surface area contributed by atoms with Gasteiger partial charge in [0.15, 0.2) is 0 Å². The number of unbranched alkanes of at least 4 members (excludes halogenated alkanes) is 1. The van der Waals surface area contributed by atoms with Gasteiger partial charge in [-0.25, -0.2) is 4.39 Å². The smallest absolute Gasteiger partial charge is 0.123 e. The molecule has 0 saturated carbocycles. The summed E-state index contributed by atoms with van der Waals surface area (Å²) in [4.78, 5) is 2.42. The third-order valence-corrected chi connectivity index (χ3v) is 4.08. The second kappa shape index (κ2) is 7.22. The largest absolute Gasteiger partial charge is 0.314 e. The third kappa shape index (κ3) is 3.91. The topological polar surface area (TPSA) is 15.3 Å². The maximum Gasteiger partial charge on any atom is 0.123 e. The first-order chi connectivity index (χ1) is 9.22. The summed E-state index contributed by atoms with van der Waals surface area (Å²) in [5.74, 6) is -0.198. The Hall–Kier alpha value is -0.640. The molecule has 2 rings (SSSR count). The molecule has 1 aliphatic heterocycles. The Bertz CT molecular complexity index is 405. The number of hydrogen-bond donors (Lipinski definition) is 1. The van der Waals surface area contributed by atoms with Crippen LogP contribution in [0.25, 0.3) is 0 Å². The van der Waals surface area contributed by atoms with E-state index in [1.165, 1.54) is 6.07 Å². The molecule has 1 saturated heterocycles. The predicted molar refractivity (Wildman–Crippen MR) is 78.1 cm³/mol. The van der Waals surface area contributed by atoms with E-state index in [-0.39, 0.29) is 11.9 Å². The van der Waals surface area contributed by atoms with Gasteiger partial charge >= 0.3 is 0 Å². The Labute approximate surface area is 119 Å². The van der Waals surface area contributed by atoms with Gasteiger partial charge < -0.3 is 5.32 Å². The zero-order valence-corrected chi connectivity index (χ0v) is 12.2. The molecule has 0 amide bonds. The number of rotatable bonds is 5. The van der Waals surface area contributed by atoms with Crippen LogP contribution in [0.1, 0.15) is 37.8 Å². The van der Waals surface area contributed by atoms with Crippen LogP contribution in [0.2, 0.25) is 5.02 Å². The van der Waals surface area contributed by atoms with E-state index in [1.54, 1.807) is 12.1 Å². The fourth-order valence-electron chi connectivity index (χ4n) is 2.70. The van der Waals surface area contributed by atoms with Crippen LogP contribution < -0.4 is 5.32 Å². The maximum atomic E-state index is 13.5. The van der Waals surface area contributed by atoms with Crippen molar-refractivity contribution in [2.75, 3.05) is 26.2 Å². The lowest BCUT2D eigenvalue weighted by atomic mass is 9.98. The fraction of sp³-hybridized carbons (Fsp3) is 0.600. The van der Waals surface area contributed by atoms with Crippen molar-refractivity contribution < 1.29 is 4.39 Å². The summed E-state index contributed by atoms with van der Waals surface area (Å²) in [5, 5.41) is 4.04. The lowest BCUT2D eigenvalue weighted by Gasteiger charge is -2.35. The van der Waals surface area contributed by atoms with E-state index in [4.69, 9.17) is 11.6 Å². The molecule has 2 nitrogen and oxygen atoms in total. The molecular weight excluding hydrogens is 263 g/mol. The molecule has 0 spiro atoms. The quantitative estimate of drug-likeness (QED) is 0.888. The summed E-state index contributed by atoms with van der Waals surface area (Å²) >= 11 is 6.28. The minimum absolute atomic E-state index is 0.198. The van der Waals surface area contributed by atoms with Crippen molar-refractivity contribution >= 4 is 11.6 Å². The summed E-state index contributed by atoms with van der Waals surface area (Å²) in [6.45, 7) is 6.18. The van der Waals surface area contributed by atoms with Gasteiger partial charge in [-0.15, -0.1) is 0 Å². The predicted octanol–water partition coefficient (Wildman–Crippen LogP) is 3.62. The van der Waals surface area contributed by atoms with E-state index in [0.29, 0.717) is 5.02 Å². The third-order valence-electron chi connectivity index (χ3n) is 3.74. The highest BCUT2D eigenvalue weighted by atomic mass is 35.5. The molecular formula is C15H22ClFN2. The van der Waals surface area contributed by atoms with Crippen LogP contribution in [-0.4, -0.2) is 31.1 Å². The molecule has 0 radical (unpaired) electrons. The van der Waals surface area contributed by atoms with Crippen molar-refractivity contribution in [2.45, 2.75) is 32.2 Å². The van der Waals surface area contributed by atoms with Gasteiger partial charge in [-0.3, -0.25) is 4.90 Å². The van der Waals surface area contributed by atoms with Crippen LogP contribution >= 0.6 is 11.6 Å². The van der Waals surface area contributed by atoms with Gasteiger partial charge in [0.1, 0.15) is 5.82 Å². The van der Waals surface area contributed by atoms with Crippen molar-refractivity contribution in [3.05, 3.63) is 34.6 Å². The van der Waals surface area contributed by atoms with Crippen molar-refractivity contribution in [3.8, 4) is 0 Å². The number of benzene rings is 1. The molecule has 1 atom stereocenters. The monoisotopic (exact) mass is 284 g/mol. The molecule has 4 heteroatoms. The summed E-state index contributed by atoms with van der Waals surface area (Å²) in [7, 11) is 0. The highest BCUT2D eigenvalue weighted by molar-refractivity contribution is 6.31. The molecule has 1 aromatic rings. The summed E-state index contributed by atoms with van der Waals surface area (Å²) in [5.41, 5.74) is 0.942. The number of nitrogens with zero attached hydrogens (tertiary/aromatic N) is 1. The van der Waals surface area contributed by atoms with E-state index < -0.39 is 0 Å². The zero-order chi connectivity index (χ0) is 13.7. The van der Waals surface area contributed by atoms with Crippen molar-refractivity contribution in [1.82, 2.24) is 10.2 Å². The van der Waals surface area contributed by atoms with Gasteiger partial charge in [0, 0.05) is 37.2 Å². The molecule has 19 heavy (non-hydrogen) atoms. The molecule has 1 fully saturated rings. The first-order valence-electron chi connectivity index (χ1n) is 7.12. The van der Waals surface area contributed by atoms with Gasteiger partial charge in [0.2, 0.25) is 0 Å². The number of piperazine rings is 1. The summed E-state index contributed by atoms with van der Waals surface area (Å²) in [6, 6.07) is 4.95. The van der Waals surface area contributed by atoms with Crippen LogP contribution in [0, 0.1) is 5.82 Å². The second-order valence-corrected chi connectivity index (χ2v) is 5.52. The first-order valence-corrected chi connectivity index (χ1v) is 7.50. The molecule has 1 aliphatic rings. The van der Waals surface area contributed by atoms with Crippen LogP contribution in [0.3, 0.4) is 0 Å². The molecule has 0 aromatic heterocycles. The Balaban J connectivity index is 2.22. The van der Waals surface area contributed by atoms with E-state index in [1.807, 2.05) is 0 Å². The van der Waals surface area contributed by atoms with Crippen molar-refractivity contribution in [2.24, 2.45) is 0 Å². The minimum atomic E-state index is -0.198. The lowest BCUT2D eigenvalue weighted by molar-refractivity contribution is 0.163. The average Bonchev–Trinajstić information content (AvgIpc) is 2.44. The summed E-state index contributed by atoms with van der Waals surface area (Å²) < 4.78 is 13.5. The van der Waals surface area contributed by atoms with E-state index in [0.717, 1.165) is 51.0 Å². The van der Waals surface area contributed by atoms with Crippen LogP contribution in [0.5, 0.6) is 0 Å². The zero-order valence-electron chi connectivity index (χ0n) is 11.5. The van der Waals surface area contributed by atoms with Crippen LogP contribution in [0.4, 0.5) is 4.39 Å². The van der Waals surface area contributed by atoms with Crippen LogP contribution in [0.15, 0.2) is 18.2 Å². The van der Waals surface area contributed by atoms with Gasteiger partial charge in [-0.2, -0.15) is 0 Å². The maximum absolute atomic E-state index is 13.5. The highest BCUT2D eigenvalue weighted by Crippen LogP contribution is 2.32. The molecule has 1 aromatic carbocycles. The normalized spacial score (nSPS) is 18.5. The van der Waals surface area contributed by atoms with E-state index >= 15 is 0 Å². The average molecular weight is 285 g/mol. The van der Waals surface area contributed by atoms with E-state index in [2.05, 4.69) is 17.1 Å². The lowest BCUT2D eigenvalue weighted by Crippen LogP contribution is -2.45. The Kier molecular flexibility index (Phi) is 5.61. The van der Waals surface area contributed by atoms with Gasteiger partial charge in [0.05, 0.1) is 0 Å². The van der Waals surface area contributed by atoms with Crippen molar-refractivity contribution in [1.29, 1.82) is 0 Å². The number of halogens is 2. The van der Waals surface area contributed by atoms with Crippen LogP contribution in [-0.2, 0) is 0 Å². The molecule has 0 bridgehead atoms. The Morgan fingerprint density at radius 1 is 1.37 bits per heavy atom. The Morgan fingerprint density at radius 3 is 2.79 bits per heavy atom. The second-order valence-electron chi connectivity index (χ2n) is 5.11. The molecule has 1 N–H and O–H groups in total. The number of nitrogens with one attached hydrogen (secondary N) is 1. The molecule has 1 heterocycles. The Morgan fingerprint density at radius 2 is 2.11 bits per heavy atom. The first kappa shape index (κ1) is 14.8. The fourth-order valence-corrected chi connectivity index (χ4v) is 2.94. The molecule has 106 valence electrons. The van der Waals surface area contributed by atoms with Crippen molar-refractivity contribution in [3.63, 3.8) is 0 Å². The minimum Gasteiger partial charge on any atom is -0.314 e. The standard InChI is InChI=1S/C15H22ClFN2/c1-2-3-4-15(19-9-7-18-8-10-19)13-11-12(17)5-6-14(13)16/h5-6,11,15,18H,2-4,7-10H2,1H3/t15-/m1/s1. The molecule has 0 unspecified atom stereocenters. The van der Waals surface area contributed by atoms with Gasteiger partial charge in [0.25, 0.3) is 0 Å². The molecule has 0 aliphatic carbocycles. The number of hydrogen-bond acceptors (Lipinski definition) is 2. The summed E-state index contributed by atoms with van der Waals surface area (Å²) in [6.07, 6.45) is 3.33. The highest BCUT2D eigenvalue weighted by Gasteiger charge is 2.23. The van der Waals surface area contributed by atoms with E-state index in [9.17, 15) is 4.39 Å². The van der Waals surface area contributed by atoms with Gasteiger partial charge in [-0.1, -0.05) is 31.4 Å².